The van der Waals surface area contributed by atoms with E-state index in [0.29, 0.717) is 51.8 Å². The predicted molar refractivity (Wildman–Crippen MR) is 140 cm³/mol. The molecule has 1 aromatic heterocycles. The number of aliphatic hydroxyl groups excluding tert-OH is 2. The fourth-order valence-electron chi connectivity index (χ4n) is 5.13. The van der Waals surface area contributed by atoms with Crippen LogP contribution in [0.1, 0.15) is 38.4 Å². The summed E-state index contributed by atoms with van der Waals surface area (Å²) in [6.07, 6.45) is -1.68. The smallest absolute Gasteiger partial charge is 0.305 e. The quantitative estimate of drug-likeness (QED) is 0.222. The van der Waals surface area contributed by atoms with Gasteiger partial charge in [-0.25, -0.2) is 0 Å². The average molecular weight is 491 g/mol. The Bertz CT molecular complexity index is 1570. The van der Waals surface area contributed by atoms with Crippen molar-refractivity contribution in [3.63, 3.8) is 0 Å². The van der Waals surface area contributed by atoms with Crippen molar-refractivity contribution in [1.29, 1.82) is 0 Å². The zero-order chi connectivity index (χ0) is 25.8. The van der Waals surface area contributed by atoms with Gasteiger partial charge >= 0.3 is 5.97 Å². The molecule has 0 radical (unpaired) electrons. The van der Waals surface area contributed by atoms with Crippen molar-refractivity contribution in [2.75, 3.05) is 19.0 Å². The van der Waals surface area contributed by atoms with Crippen molar-refractivity contribution in [3.8, 4) is 5.75 Å². The van der Waals surface area contributed by atoms with Crippen molar-refractivity contribution < 1.29 is 24.5 Å². The van der Waals surface area contributed by atoms with E-state index < -0.39 is 17.8 Å². The molecule has 0 bridgehead atoms. The number of ether oxygens (including phenoxy) is 2. The van der Waals surface area contributed by atoms with Gasteiger partial charge in [0.15, 0.2) is 5.43 Å². The molecule has 0 spiro atoms. The minimum Gasteiger partial charge on any atom is -0.484 e. The number of nitrogens with zero attached hydrogens (tertiary/aromatic N) is 1. The number of carbonyl (C=O) groups is 1. The van der Waals surface area contributed by atoms with E-state index in [9.17, 15) is 19.8 Å². The summed E-state index contributed by atoms with van der Waals surface area (Å²) >= 11 is 0. The topological polar surface area (TPSA) is 110 Å². The van der Waals surface area contributed by atoms with E-state index >= 15 is 0 Å². The number of aryl methyl sites for hydroxylation is 1. The molecule has 1 aliphatic heterocycles. The first-order valence-corrected chi connectivity index (χ1v) is 12.0. The molecule has 188 valence electrons. The summed E-state index contributed by atoms with van der Waals surface area (Å²) < 4.78 is 12.8. The zero-order valence-corrected chi connectivity index (χ0v) is 20.8. The second-order valence-corrected chi connectivity index (χ2v) is 9.87. The van der Waals surface area contributed by atoms with E-state index in [0.717, 1.165) is 10.8 Å². The van der Waals surface area contributed by atoms with Crippen LogP contribution in [0.4, 0.5) is 5.69 Å². The highest BCUT2D eigenvalue weighted by Crippen LogP contribution is 2.46. The molecule has 1 aliphatic rings. The lowest BCUT2D eigenvalue weighted by Gasteiger charge is -2.41. The molecule has 0 amide bonds. The minimum absolute atomic E-state index is 0.186. The maximum absolute atomic E-state index is 14.0. The number of aliphatic hydroxyl groups is 2. The van der Waals surface area contributed by atoms with Crippen molar-refractivity contribution in [2.45, 2.75) is 44.5 Å². The van der Waals surface area contributed by atoms with Gasteiger partial charge in [0, 0.05) is 37.0 Å². The molecule has 0 aliphatic carbocycles. The highest BCUT2D eigenvalue weighted by Gasteiger charge is 2.44. The van der Waals surface area contributed by atoms with Gasteiger partial charge in [0.25, 0.3) is 0 Å². The fourth-order valence-corrected chi connectivity index (χ4v) is 5.13. The molecular formula is C28H30N2O6. The van der Waals surface area contributed by atoms with Crippen LogP contribution in [0.25, 0.3) is 32.6 Å². The Morgan fingerprint density at radius 1 is 1.17 bits per heavy atom. The predicted octanol–water partition coefficient (Wildman–Crippen LogP) is 3.78. The van der Waals surface area contributed by atoms with Gasteiger partial charge in [-0.2, -0.15) is 0 Å². The second kappa shape index (κ2) is 8.80. The highest BCUT2D eigenvalue weighted by atomic mass is 16.5. The molecule has 0 saturated heterocycles. The standard InChI is InChI=1S/C28H30N2O6/c1-28(2)27(34)26(33)23-20(36-28)14-18(29-11-7-10-21(31)35-4)22-24(23)30(3)19-13-16-9-6-5-8-15(16)12-17(19)25(22)32/h5-6,8-9,12-14,26-27,29,33-34H,7,10-11H2,1-4H3/t26-,27-/m1/s1. The van der Waals surface area contributed by atoms with Crippen LogP contribution in [0, 0.1) is 0 Å². The van der Waals surface area contributed by atoms with E-state index in [2.05, 4.69) is 5.32 Å². The monoisotopic (exact) mass is 490 g/mol. The number of benzene rings is 3. The van der Waals surface area contributed by atoms with Crippen LogP contribution < -0.4 is 15.5 Å². The molecule has 3 aromatic carbocycles. The van der Waals surface area contributed by atoms with Crippen LogP contribution in [0.15, 0.2) is 47.3 Å². The molecule has 0 unspecified atom stereocenters. The number of nitrogens with one attached hydrogen (secondary N) is 1. The minimum atomic E-state index is -1.25. The summed E-state index contributed by atoms with van der Waals surface area (Å²) in [6, 6.07) is 13.4. The van der Waals surface area contributed by atoms with E-state index in [1.807, 2.05) is 48.0 Å². The molecule has 0 fully saturated rings. The van der Waals surface area contributed by atoms with Crippen molar-refractivity contribution >= 4 is 44.2 Å². The highest BCUT2D eigenvalue weighted by molar-refractivity contribution is 6.06. The number of hydrogen-bond donors (Lipinski definition) is 3. The third kappa shape index (κ3) is 3.77. The number of fused-ring (bicyclic) bond motifs is 5. The molecule has 2 heterocycles. The van der Waals surface area contributed by atoms with E-state index in [-0.39, 0.29) is 17.8 Å². The van der Waals surface area contributed by atoms with Crippen LogP contribution >= 0.6 is 0 Å². The number of methoxy groups -OCH3 is 1. The van der Waals surface area contributed by atoms with E-state index in [4.69, 9.17) is 9.47 Å². The Kier molecular flexibility index (Phi) is 5.89. The van der Waals surface area contributed by atoms with Gasteiger partial charge in [0.2, 0.25) is 0 Å². The molecule has 4 aromatic rings. The summed E-state index contributed by atoms with van der Waals surface area (Å²) in [5.41, 5.74) is 0.915. The zero-order valence-electron chi connectivity index (χ0n) is 20.8. The van der Waals surface area contributed by atoms with Gasteiger partial charge in [-0.1, -0.05) is 24.3 Å². The van der Waals surface area contributed by atoms with Gasteiger partial charge in [0.05, 0.1) is 29.2 Å². The largest absolute Gasteiger partial charge is 0.484 e. The number of rotatable bonds is 5. The lowest BCUT2D eigenvalue weighted by Crippen LogP contribution is -2.49. The SMILES string of the molecule is COC(=O)CCCNc1cc2c(c3c1c(=O)c1cc4ccccc4cc1n3C)[C@@H](O)[C@@H](O)C(C)(C)O2. The fraction of sp³-hybridized carbons (Fsp3) is 0.357. The average Bonchev–Trinajstić information content (AvgIpc) is 2.86. The maximum atomic E-state index is 14.0. The summed E-state index contributed by atoms with van der Waals surface area (Å²) in [4.78, 5) is 25.5. The first-order chi connectivity index (χ1) is 17.1. The molecule has 3 N–H and O–H groups in total. The van der Waals surface area contributed by atoms with Crippen molar-refractivity contribution in [1.82, 2.24) is 4.57 Å². The van der Waals surface area contributed by atoms with Gasteiger partial charge in [0.1, 0.15) is 23.6 Å². The Hall–Kier alpha value is -3.62. The first kappa shape index (κ1) is 24.1. The van der Waals surface area contributed by atoms with Crippen LogP contribution in [0.3, 0.4) is 0 Å². The van der Waals surface area contributed by atoms with Crippen LogP contribution in [-0.2, 0) is 16.6 Å². The Morgan fingerprint density at radius 2 is 1.86 bits per heavy atom. The summed E-state index contributed by atoms with van der Waals surface area (Å²) in [5, 5.41) is 28.2. The third-order valence-corrected chi connectivity index (χ3v) is 7.12. The number of carbonyl (C=O) groups excluding carboxylic acids is 1. The third-order valence-electron chi connectivity index (χ3n) is 7.12. The van der Waals surface area contributed by atoms with Gasteiger partial charge in [-0.15, -0.1) is 0 Å². The summed E-state index contributed by atoms with van der Waals surface area (Å²) in [6.45, 7) is 3.85. The number of pyridine rings is 1. The van der Waals surface area contributed by atoms with E-state index in [1.54, 1.807) is 19.9 Å². The van der Waals surface area contributed by atoms with Gasteiger partial charge in [-0.05, 0) is 43.2 Å². The molecule has 2 atom stereocenters. The number of esters is 1. The van der Waals surface area contributed by atoms with Gasteiger partial charge < -0.3 is 29.6 Å². The summed E-state index contributed by atoms with van der Waals surface area (Å²) in [5.74, 6) is 0.0963. The van der Waals surface area contributed by atoms with Gasteiger partial charge in [-0.3, -0.25) is 9.59 Å². The first-order valence-electron chi connectivity index (χ1n) is 12.0. The Balaban J connectivity index is 1.79. The molecular weight excluding hydrogens is 460 g/mol. The molecule has 36 heavy (non-hydrogen) atoms. The Labute approximate surface area is 208 Å². The second-order valence-electron chi connectivity index (χ2n) is 9.87. The molecule has 8 nitrogen and oxygen atoms in total. The van der Waals surface area contributed by atoms with E-state index in [1.165, 1.54) is 7.11 Å². The Morgan fingerprint density at radius 3 is 2.56 bits per heavy atom. The molecule has 0 saturated carbocycles. The van der Waals surface area contributed by atoms with Crippen molar-refractivity contribution in [3.05, 3.63) is 58.3 Å². The van der Waals surface area contributed by atoms with Crippen LogP contribution in [-0.4, -0.2) is 46.1 Å². The van der Waals surface area contributed by atoms with Crippen LogP contribution in [0.5, 0.6) is 5.75 Å². The van der Waals surface area contributed by atoms with Crippen LogP contribution in [0.2, 0.25) is 0 Å². The molecule has 8 heteroatoms. The normalized spacial score (nSPS) is 18.7. The molecule has 5 rings (SSSR count). The van der Waals surface area contributed by atoms with Crippen molar-refractivity contribution in [2.24, 2.45) is 7.05 Å². The maximum Gasteiger partial charge on any atom is 0.305 e. The summed E-state index contributed by atoms with van der Waals surface area (Å²) in [7, 11) is 3.20. The number of aromatic nitrogens is 1. The number of hydrogen-bond acceptors (Lipinski definition) is 7. The lowest BCUT2D eigenvalue weighted by molar-refractivity contribution is -0.140. The lowest BCUT2D eigenvalue weighted by atomic mass is 9.86. The number of anilines is 1.